The van der Waals surface area contributed by atoms with E-state index < -0.39 is 17.3 Å². The number of ketones is 1. The highest BCUT2D eigenvalue weighted by atomic mass is 16.6. The van der Waals surface area contributed by atoms with Crippen molar-refractivity contribution >= 4 is 11.6 Å². The molecule has 1 rings (SSSR count). The normalized spacial score (nSPS) is 10.1. The third-order valence-corrected chi connectivity index (χ3v) is 1.73. The van der Waals surface area contributed by atoms with Crippen LogP contribution in [0.15, 0.2) is 6.20 Å². The molecule has 0 unspecified atom stereocenters. The quantitative estimate of drug-likeness (QED) is 0.528. The molecule has 0 radical (unpaired) electrons. The van der Waals surface area contributed by atoms with Crippen LogP contribution >= 0.6 is 0 Å². The number of hydrogen-bond acceptors (Lipinski definition) is 5. The van der Waals surface area contributed by atoms with Gasteiger partial charge in [-0.15, -0.1) is 0 Å². The number of carbonyl (C=O) groups is 1. The van der Waals surface area contributed by atoms with Gasteiger partial charge in [-0.05, 0) is 4.92 Å². The van der Waals surface area contributed by atoms with Gasteiger partial charge in [0.15, 0.2) is 18.2 Å². The molecule has 0 fully saturated rings. The third-order valence-electron chi connectivity index (χ3n) is 1.73. The second-order valence-corrected chi connectivity index (χ2v) is 2.70. The summed E-state index contributed by atoms with van der Waals surface area (Å²) < 4.78 is 1.15. The van der Waals surface area contributed by atoms with Gasteiger partial charge in [-0.3, -0.25) is 4.79 Å². The first kappa shape index (κ1) is 10.3. The highest BCUT2D eigenvalue weighted by Gasteiger charge is 2.19. The van der Waals surface area contributed by atoms with E-state index in [-0.39, 0.29) is 12.4 Å². The van der Waals surface area contributed by atoms with E-state index >= 15 is 0 Å². The van der Waals surface area contributed by atoms with E-state index in [0.29, 0.717) is 5.82 Å². The molecule has 1 aromatic rings. The molecular weight excluding hydrogens is 190 g/mol. The number of nitrogens with zero attached hydrogens (tertiary/aromatic N) is 3. The van der Waals surface area contributed by atoms with E-state index in [1.807, 2.05) is 0 Å². The molecule has 0 amide bonds. The van der Waals surface area contributed by atoms with Crippen LogP contribution in [0.4, 0.5) is 5.82 Å². The number of aliphatic hydroxyl groups is 1. The molecule has 0 aliphatic carbocycles. The van der Waals surface area contributed by atoms with Crippen LogP contribution in [0.5, 0.6) is 0 Å². The molecule has 0 bridgehead atoms. The van der Waals surface area contributed by atoms with E-state index in [1.54, 1.807) is 6.92 Å². The molecule has 1 aromatic heterocycles. The van der Waals surface area contributed by atoms with Gasteiger partial charge in [0.2, 0.25) is 0 Å². The molecule has 1 N–H and O–H groups in total. The molecule has 0 saturated heterocycles. The van der Waals surface area contributed by atoms with Gasteiger partial charge in [0.25, 0.3) is 0 Å². The van der Waals surface area contributed by atoms with Crippen molar-refractivity contribution in [2.24, 2.45) is 0 Å². The van der Waals surface area contributed by atoms with Gasteiger partial charge < -0.3 is 15.2 Å². The van der Waals surface area contributed by atoms with Crippen molar-refractivity contribution in [2.45, 2.75) is 13.5 Å². The SMILES string of the molecule is Cc1ncc([N+](=O)[O-])n1CC(=O)CO. The summed E-state index contributed by atoms with van der Waals surface area (Å²) in [6, 6.07) is 0. The van der Waals surface area contributed by atoms with Crippen LogP contribution in [0, 0.1) is 17.0 Å². The molecule has 14 heavy (non-hydrogen) atoms. The van der Waals surface area contributed by atoms with Crippen LogP contribution in [-0.2, 0) is 11.3 Å². The van der Waals surface area contributed by atoms with Gasteiger partial charge in [-0.2, -0.15) is 0 Å². The van der Waals surface area contributed by atoms with Gasteiger partial charge in [-0.1, -0.05) is 0 Å². The van der Waals surface area contributed by atoms with Crippen molar-refractivity contribution in [3.8, 4) is 0 Å². The minimum absolute atomic E-state index is 0.224. The average molecular weight is 199 g/mol. The van der Waals surface area contributed by atoms with E-state index in [0.717, 1.165) is 10.8 Å². The molecule has 0 aliphatic rings. The summed E-state index contributed by atoms with van der Waals surface area (Å²) in [5.41, 5.74) is 0. The summed E-state index contributed by atoms with van der Waals surface area (Å²) in [6.07, 6.45) is 1.08. The Hall–Kier alpha value is -1.76. The molecule has 7 heteroatoms. The molecule has 0 spiro atoms. The number of aliphatic hydroxyl groups excluding tert-OH is 1. The smallest absolute Gasteiger partial charge is 0.343 e. The number of aryl methyl sites for hydroxylation is 1. The maximum Gasteiger partial charge on any atom is 0.343 e. The van der Waals surface area contributed by atoms with Crippen molar-refractivity contribution in [1.29, 1.82) is 0 Å². The summed E-state index contributed by atoms with van der Waals surface area (Å²) >= 11 is 0. The Morgan fingerprint density at radius 3 is 2.93 bits per heavy atom. The van der Waals surface area contributed by atoms with Crippen LogP contribution < -0.4 is 0 Å². The Balaban J connectivity index is 2.99. The van der Waals surface area contributed by atoms with Gasteiger partial charge in [0.05, 0.1) is 0 Å². The highest BCUT2D eigenvalue weighted by molar-refractivity contribution is 5.79. The van der Waals surface area contributed by atoms with Gasteiger partial charge in [0, 0.05) is 6.92 Å². The second kappa shape index (κ2) is 3.97. The van der Waals surface area contributed by atoms with Crippen molar-refractivity contribution in [1.82, 2.24) is 9.55 Å². The number of Topliss-reactive ketones (excluding diaryl/α,β-unsaturated/α-hetero) is 1. The molecule has 0 atom stereocenters. The minimum atomic E-state index is -0.630. The number of rotatable bonds is 4. The van der Waals surface area contributed by atoms with Crippen molar-refractivity contribution in [2.75, 3.05) is 6.61 Å². The van der Waals surface area contributed by atoms with Crippen molar-refractivity contribution < 1.29 is 14.8 Å². The summed E-state index contributed by atoms with van der Waals surface area (Å²) in [6.45, 7) is 0.699. The zero-order chi connectivity index (χ0) is 10.7. The van der Waals surface area contributed by atoms with E-state index in [9.17, 15) is 14.9 Å². The molecule has 0 aromatic carbocycles. The largest absolute Gasteiger partial charge is 0.388 e. The molecule has 76 valence electrons. The number of hydrogen-bond donors (Lipinski definition) is 1. The van der Waals surface area contributed by atoms with Crippen LogP contribution in [0.2, 0.25) is 0 Å². The Morgan fingerprint density at radius 1 is 1.79 bits per heavy atom. The standard InChI is InChI=1S/C7H9N3O4/c1-5-8-2-7(10(13)14)9(5)3-6(12)4-11/h2,11H,3-4H2,1H3. The van der Waals surface area contributed by atoms with Crippen molar-refractivity contribution in [3.05, 3.63) is 22.1 Å². The topological polar surface area (TPSA) is 98.3 Å². The number of carbonyl (C=O) groups excluding carboxylic acids is 1. The molecule has 0 aliphatic heterocycles. The summed E-state index contributed by atoms with van der Waals surface area (Å²) in [5.74, 6) is -0.364. The third kappa shape index (κ3) is 1.94. The fourth-order valence-electron chi connectivity index (χ4n) is 1.02. The summed E-state index contributed by atoms with van der Waals surface area (Å²) in [5, 5.41) is 19.0. The van der Waals surface area contributed by atoms with Crippen LogP contribution in [0.3, 0.4) is 0 Å². The van der Waals surface area contributed by atoms with Gasteiger partial charge in [-0.25, -0.2) is 9.55 Å². The van der Waals surface area contributed by atoms with E-state index in [4.69, 9.17) is 5.11 Å². The average Bonchev–Trinajstić information content (AvgIpc) is 2.48. The Kier molecular flexibility index (Phi) is 2.92. The molecule has 1 heterocycles. The Labute approximate surface area is 79.1 Å². The zero-order valence-corrected chi connectivity index (χ0v) is 7.51. The zero-order valence-electron chi connectivity index (χ0n) is 7.51. The van der Waals surface area contributed by atoms with Gasteiger partial charge >= 0.3 is 5.82 Å². The predicted octanol–water partition coefficient (Wildman–Crippen LogP) is -0.339. The molecular formula is C7H9N3O4. The lowest BCUT2D eigenvalue weighted by molar-refractivity contribution is -0.392. The highest BCUT2D eigenvalue weighted by Crippen LogP contribution is 2.12. The number of aromatic nitrogens is 2. The fourth-order valence-corrected chi connectivity index (χ4v) is 1.02. The van der Waals surface area contributed by atoms with Gasteiger partial charge in [0.1, 0.15) is 12.8 Å². The summed E-state index contributed by atoms with van der Waals surface area (Å²) in [7, 11) is 0. The van der Waals surface area contributed by atoms with Crippen LogP contribution in [-0.4, -0.2) is 32.0 Å². The second-order valence-electron chi connectivity index (χ2n) is 2.70. The maximum absolute atomic E-state index is 10.9. The first-order valence-electron chi connectivity index (χ1n) is 3.85. The summed E-state index contributed by atoms with van der Waals surface area (Å²) in [4.78, 5) is 24.5. The first-order valence-corrected chi connectivity index (χ1v) is 3.85. The Bertz CT molecular complexity index is 371. The number of nitro groups is 1. The fraction of sp³-hybridized carbons (Fsp3) is 0.429. The monoisotopic (exact) mass is 199 g/mol. The lowest BCUT2D eigenvalue weighted by atomic mass is 10.4. The maximum atomic E-state index is 10.9. The first-order chi connectivity index (χ1) is 6.56. The van der Waals surface area contributed by atoms with Crippen LogP contribution in [0.1, 0.15) is 5.82 Å². The molecule has 0 saturated carbocycles. The lowest BCUT2D eigenvalue weighted by Crippen LogP contribution is -2.16. The lowest BCUT2D eigenvalue weighted by Gasteiger charge is -1.99. The van der Waals surface area contributed by atoms with E-state index in [2.05, 4.69) is 4.98 Å². The minimum Gasteiger partial charge on any atom is -0.388 e. The number of imidazole rings is 1. The predicted molar refractivity (Wildman–Crippen MR) is 45.7 cm³/mol. The molecule has 7 nitrogen and oxygen atoms in total. The Morgan fingerprint density at radius 2 is 2.43 bits per heavy atom. The van der Waals surface area contributed by atoms with E-state index in [1.165, 1.54) is 0 Å². The van der Waals surface area contributed by atoms with Crippen molar-refractivity contribution in [3.63, 3.8) is 0 Å². The van der Waals surface area contributed by atoms with Crippen LogP contribution in [0.25, 0.3) is 0 Å².